The monoisotopic (exact) mass is 281 g/mol. The van der Waals surface area contributed by atoms with E-state index in [1.807, 2.05) is 6.92 Å². The largest absolute Gasteiger partial charge is 0.490 e. The summed E-state index contributed by atoms with van der Waals surface area (Å²) in [6.45, 7) is 3.71. The number of aryl methyl sites for hydroxylation is 1. The molecule has 1 aromatic rings. The normalized spacial score (nSPS) is 20.0. The lowest BCUT2D eigenvalue weighted by atomic mass is 10.1. The third-order valence-corrected chi connectivity index (χ3v) is 3.28. The van der Waals surface area contributed by atoms with Gasteiger partial charge < -0.3 is 15.2 Å². The lowest BCUT2D eigenvalue weighted by Gasteiger charge is -2.11. The molecule has 0 saturated carbocycles. The summed E-state index contributed by atoms with van der Waals surface area (Å²) >= 11 is 0. The maximum atomic E-state index is 11.9. The molecule has 0 aliphatic carbocycles. The number of aromatic nitrogens is 2. The summed E-state index contributed by atoms with van der Waals surface area (Å²) in [5, 5.41) is 4.12. The average molecular weight is 281 g/mol. The molecular formula is C14H23N3O3. The van der Waals surface area contributed by atoms with Gasteiger partial charge in [0, 0.05) is 25.3 Å². The van der Waals surface area contributed by atoms with E-state index in [4.69, 9.17) is 15.2 Å². The van der Waals surface area contributed by atoms with Gasteiger partial charge in [-0.15, -0.1) is 0 Å². The Labute approximate surface area is 118 Å². The van der Waals surface area contributed by atoms with Crippen LogP contribution in [0.2, 0.25) is 0 Å². The second-order valence-electron chi connectivity index (χ2n) is 5.32. The summed E-state index contributed by atoms with van der Waals surface area (Å²) in [6, 6.07) is 1.39. The highest BCUT2D eigenvalue weighted by Crippen LogP contribution is 2.16. The Morgan fingerprint density at radius 2 is 2.50 bits per heavy atom. The van der Waals surface area contributed by atoms with Crippen LogP contribution in [-0.4, -0.2) is 35.1 Å². The fourth-order valence-electron chi connectivity index (χ4n) is 2.23. The molecule has 6 nitrogen and oxygen atoms in total. The second-order valence-corrected chi connectivity index (χ2v) is 5.32. The third kappa shape index (κ3) is 4.61. The number of hydrogen-bond acceptors (Lipinski definition) is 5. The minimum Gasteiger partial charge on any atom is -0.490 e. The van der Waals surface area contributed by atoms with Crippen molar-refractivity contribution in [3.63, 3.8) is 0 Å². The van der Waals surface area contributed by atoms with E-state index in [0.717, 1.165) is 32.3 Å². The highest BCUT2D eigenvalue weighted by Gasteiger charge is 2.14. The molecule has 2 heterocycles. The first-order valence-corrected chi connectivity index (χ1v) is 7.22. The van der Waals surface area contributed by atoms with Gasteiger partial charge in [-0.25, -0.2) is 4.68 Å². The summed E-state index contributed by atoms with van der Waals surface area (Å²) < 4.78 is 12.4. The molecule has 1 aliphatic rings. The van der Waals surface area contributed by atoms with Crippen molar-refractivity contribution in [3.8, 4) is 5.75 Å². The van der Waals surface area contributed by atoms with Crippen LogP contribution >= 0.6 is 0 Å². The Morgan fingerprint density at radius 3 is 3.15 bits per heavy atom. The van der Waals surface area contributed by atoms with Crippen LogP contribution in [0, 0.1) is 0 Å². The van der Waals surface area contributed by atoms with Crippen molar-refractivity contribution in [1.29, 1.82) is 0 Å². The second kappa shape index (κ2) is 7.40. The van der Waals surface area contributed by atoms with E-state index in [2.05, 4.69) is 5.10 Å². The molecule has 1 fully saturated rings. The summed E-state index contributed by atoms with van der Waals surface area (Å²) in [5.41, 5.74) is 5.45. The molecule has 2 N–H and O–H groups in total. The van der Waals surface area contributed by atoms with Gasteiger partial charge in [0.05, 0.1) is 12.3 Å². The zero-order chi connectivity index (χ0) is 14.4. The van der Waals surface area contributed by atoms with Crippen molar-refractivity contribution in [2.24, 2.45) is 5.73 Å². The molecule has 112 valence electrons. The number of ether oxygens (including phenoxy) is 2. The maximum Gasteiger partial charge on any atom is 0.270 e. The van der Waals surface area contributed by atoms with E-state index < -0.39 is 0 Å². The molecule has 0 bridgehead atoms. The highest BCUT2D eigenvalue weighted by atomic mass is 16.5. The van der Waals surface area contributed by atoms with Crippen LogP contribution in [0.1, 0.15) is 32.6 Å². The molecule has 20 heavy (non-hydrogen) atoms. The smallest absolute Gasteiger partial charge is 0.270 e. The molecule has 1 aliphatic heterocycles. The quantitative estimate of drug-likeness (QED) is 0.804. The first-order chi connectivity index (χ1) is 9.65. The van der Waals surface area contributed by atoms with Crippen LogP contribution in [0.4, 0.5) is 0 Å². The number of hydrogen-bond donors (Lipinski definition) is 1. The maximum absolute atomic E-state index is 11.9. The van der Waals surface area contributed by atoms with Crippen LogP contribution in [0.25, 0.3) is 0 Å². The molecule has 6 heteroatoms. The van der Waals surface area contributed by atoms with E-state index >= 15 is 0 Å². The van der Waals surface area contributed by atoms with E-state index in [0.29, 0.717) is 25.0 Å². The molecule has 0 amide bonds. The van der Waals surface area contributed by atoms with Crippen LogP contribution in [-0.2, 0) is 11.3 Å². The van der Waals surface area contributed by atoms with Crippen LogP contribution < -0.4 is 16.0 Å². The van der Waals surface area contributed by atoms with E-state index in [1.54, 1.807) is 6.20 Å². The lowest BCUT2D eigenvalue weighted by Crippen LogP contribution is -2.26. The SMILES string of the molecule is CC(N)COc1cnn(CCCC2CCCO2)c(=O)c1. The summed E-state index contributed by atoms with van der Waals surface area (Å²) in [7, 11) is 0. The zero-order valence-electron chi connectivity index (χ0n) is 12.0. The Morgan fingerprint density at radius 1 is 1.65 bits per heavy atom. The molecule has 2 rings (SSSR count). The average Bonchev–Trinajstić information content (AvgIpc) is 2.92. The van der Waals surface area contributed by atoms with E-state index in [-0.39, 0.29) is 11.6 Å². The van der Waals surface area contributed by atoms with Crippen molar-refractivity contribution in [2.45, 2.75) is 51.3 Å². The first-order valence-electron chi connectivity index (χ1n) is 7.22. The van der Waals surface area contributed by atoms with E-state index in [1.165, 1.54) is 10.7 Å². The van der Waals surface area contributed by atoms with Gasteiger partial charge >= 0.3 is 0 Å². The molecule has 0 spiro atoms. The fourth-order valence-corrected chi connectivity index (χ4v) is 2.23. The Kier molecular flexibility index (Phi) is 5.55. The third-order valence-electron chi connectivity index (χ3n) is 3.28. The Balaban J connectivity index is 1.81. The zero-order valence-corrected chi connectivity index (χ0v) is 12.0. The summed E-state index contributed by atoms with van der Waals surface area (Å²) in [6.07, 6.45) is 6.09. The minimum atomic E-state index is -0.139. The Bertz CT molecular complexity index is 467. The Hall–Kier alpha value is -1.40. The van der Waals surface area contributed by atoms with Crippen LogP contribution in [0.15, 0.2) is 17.1 Å². The standard InChI is InChI=1S/C14H23N3O3/c1-11(15)10-20-13-8-14(18)17(16-9-13)6-2-4-12-5-3-7-19-12/h8-9,11-12H,2-7,10,15H2,1H3. The van der Waals surface area contributed by atoms with Crippen molar-refractivity contribution in [2.75, 3.05) is 13.2 Å². The van der Waals surface area contributed by atoms with Crippen LogP contribution in [0.3, 0.4) is 0 Å². The first kappa shape index (κ1) is 15.0. The van der Waals surface area contributed by atoms with Gasteiger partial charge in [0.1, 0.15) is 12.4 Å². The summed E-state index contributed by atoms with van der Waals surface area (Å²) in [4.78, 5) is 11.9. The predicted octanol–water partition coefficient (Wildman–Crippen LogP) is 0.928. The number of nitrogens with two attached hydrogens (primary N) is 1. The molecule has 0 radical (unpaired) electrons. The van der Waals surface area contributed by atoms with Gasteiger partial charge in [0.2, 0.25) is 0 Å². The van der Waals surface area contributed by atoms with Gasteiger partial charge in [0.15, 0.2) is 0 Å². The lowest BCUT2D eigenvalue weighted by molar-refractivity contribution is 0.101. The van der Waals surface area contributed by atoms with Gasteiger partial charge in [0.25, 0.3) is 5.56 Å². The minimum absolute atomic E-state index is 0.0659. The molecule has 0 aromatic carbocycles. The molecule has 2 unspecified atom stereocenters. The van der Waals surface area contributed by atoms with Crippen LogP contribution in [0.5, 0.6) is 5.75 Å². The number of rotatable bonds is 7. The van der Waals surface area contributed by atoms with E-state index in [9.17, 15) is 4.79 Å². The predicted molar refractivity (Wildman–Crippen MR) is 75.8 cm³/mol. The number of nitrogens with zero attached hydrogens (tertiary/aromatic N) is 2. The van der Waals surface area contributed by atoms with Crippen molar-refractivity contribution < 1.29 is 9.47 Å². The molecule has 1 saturated heterocycles. The van der Waals surface area contributed by atoms with Gasteiger partial charge in [-0.3, -0.25) is 4.79 Å². The van der Waals surface area contributed by atoms with Gasteiger partial charge in [-0.2, -0.15) is 5.10 Å². The highest BCUT2D eigenvalue weighted by molar-refractivity contribution is 5.13. The fraction of sp³-hybridized carbons (Fsp3) is 0.714. The van der Waals surface area contributed by atoms with Crippen molar-refractivity contribution >= 4 is 0 Å². The molecule has 1 aromatic heterocycles. The van der Waals surface area contributed by atoms with Crippen molar-refractivity contribution in [1.82, 2.24) is 9.78 Å². The molecule has 2 atom stereocenters. The van der Waals surface area contributed by atoms with Gasteiger partial charge in [-0.1, -0.05) is 0 Å². The summed E-state index contributed by atoms with van der Waals surface area (Å²) in [5.74, 6) is 0.475. The van der Waals surface area contributed by atoms with Crippen molar-refractivity contribution in [3.05, 3.63) is 22.6 Å². The molecular weight excluding hydrogens is 258 g/mol. The van der Waals surface area contributed by atoms with Gasteiger partial charge in [-0.05, 0) is 32.6 Å². The topological polar surface area (TPSA) is 79.4 Å².